The quantitative estimate of drug-likeness (QED) is 0.772. The molecule has 1 aliphatic heterocycles. The molecule has 1 N–H and O–H groups in total. The van der Waals surface area contributed by atoms with Gasteiger partial charge in [0.1, 0.15) is 0 Å². The van der Waals surface area contributed by atoms with Crippen molar-refractivity contribution in [2.24, 2.45) is 5.92 Å². The van der Waals surface area contributed by atoms with Crippen molar-refractivity contribution in [3.8, 4) is 0 Å². The molecule has 4 rings (SSSR count). The number of pyridine rings is 1. The van der Waals surface area contributed by atoms with Crippen LogP contribution in [0.15, 0.2) is 52.2 Å². The van der Waals surface area contributed by atoms with E-state index in [4.69, 9.17) is 0 Å². The Morgan fingerprint density at radius 3 is 2.19 bits per heavy atom. The summed E-state index contributed by atoms with van der Waals surface area (Å²) in [5, 5.41) is 0. The fraction of sp³-hybridized carbons (Fsp3) is 0.417. The second kappa shape index (κ2) is 8.46. The van der Waals surface area contributed by atoms with Gasteiger partial charge in [0.2, 0.25) is 5.91 Å². The van der Waals surface area contributed by atoms with Gasteiger partial charge in [-0.15, -0.1) is 0 Å². The predicted octanol–water partition coefficient (Wildman–Crippen LogP) is 3.35. The van der Waals surface area contributed by atoms with Crippen molar-refractivity contribution in [1.29, 1.82) is 0 Å². The van der Waals surface area contributed by atoms with Crippen LogP contribution in [0.2, 0.25) is 0 Å². The lowest BCUT2D eigenvalue weighted by Gasteiger charge is -2.30. The van der Waals surface area contributed by atoms with Crippen LogP contribution in [0.1, 0.15) is 55.3 Å². The Hall–Kier alpha value is -2.67. The number of likely N-dealkylation sites (tertiary alicyclic amines) is 1. The van der Waals surface area contributed by atoms with E-state index in [1.165, 1.54) is 6.26 Å². The summed E-state index contributed by atoms with van der Waals surface area (Å²) in [5.41, 5.74) is 3.27. The number of allylic oxidation sites excluding steroid dienone is 1. The lowest BCUT2D eigenvalue weighted by atomic mass is 9.90. The third-order valence-electron chi connectivity index (χ3n) is 6.23. The number of H-pyrrole nitrogens is 1. The van der Waals surface area contributed by atoms with Crippen molar-refractivity contribution in [2.75, 3.05) is 19.3 Å². The van der Waals surface area contributed by atoms with Crippen molar-refractivity contribution >= 4 is 21.3 Å². The smallest absolute Gasteiger partial charge is 0.251 e. The SMILES string of the molecule is CC(=O)N1CCC(C=C(c2ccc(S(C)(=O)=O)cc2)c2ccc(C3CC3)c(=O)[nH]2)CC1. The molecular weight excluding hydrogens is 412 g/mol. The molecule has 2 fully saturated rings. The average Bonchev–Trinajstić information content (AvgIpc) is 3.57. The number of carbonyl (C=O) groups is 1. The van der Waals surface area contributed by atoms with E-state index < -0.39 is 9.84 Å². The van der Waals surface area contributed by atoms with Gasteiger partial charge in [-0.25, -0.2) is 8.42 Å². The fourth-order valence-corrected chi connectivity index (χ4v) is 4.83. The minimum absolute atomic E-state index is 0.0509. The first-order valence-corrected chi connectivity index (χ1v) is 12.6. The van der Waals surface area contributed by atoms with Crippen LogP contribution in [0.4, 0.5) is 0 Å². The molecule has 0 spiro atoms. The maximum atomic E-state index is 12.6. The van der Waals surface area contributed by atoms with Crippen molar-refractivity contribution in [3.63, 3.8) is 0 Å². The molecule has 1 saturated heterocycles. The third kappa shape index (κ3) is 4.98. The number of piperidine rings is 1. The van der Waals surface area contributed by atoms with E-state index in [2.05, 4.69) is 11.1 Å². The zero-order chi connectivity index (χ0) is 22.2. The van der Waals surface area contributed by atoms with E-state index in [0.717, 1.165) is 48.1 Å². The Labute approximate surface area is 182 Å². The number of aromatic nitrogens is 1. The number of sulfone groups is 1. The highest BCUT2D eigenvalue weighted by Gasteiger charge is 2.26. The minimum atomic E-state index is -3.28. The highest BCUT2D eigenvalue weighted by atomic mass is 32.2. The number of nitrogens with one attached hydrogen (secondary N) is 1. The number of amides is 1. The number of benzene rings is 1. The Morgan fingerprint density at radius 1 is 1.03 bits per heavy atom. The van der Waals surface area contributed by atoms with Gasteiger partial charge in [-0.1, -0.05) is 24.3 Å². The predicted molar refractivity (Wildman–Crippen MR) is 121 cm³/mol. The zero-order valence-electron chi connectivity index (χ0n) is 17.9. The highest BCUT2D eigenvalue weighted by molar-refractivity contribution is 7.90. The van der Waals surface area contributed by atoms with Crippen LogP contribution in [-0.4, -0.2) is 43.6 Å². The lowest BCUT2D eigenvalue weighted by molar-refractivity contribution is -0.129. The summed E-state index contributed by atoms with van der Waals surface area (Å²) in [5.74, 6) is 0.737. The Bertz CT molecular complexity index is 1170. The van der Waals surface area contributed by atoms with Crippen LogP contribution in [-0.2, 0) is 14.6 Å². The second-order valence-electron chi connectivity index (χ2n) is 8.65. The molecule has 0 atom stereocenters. The summed E-state index contributed by atoms with van der Waals surface area (Å²) in [6.07, 6.45) is 7.19. The van der Waals surface area contributed by atoms with Crippen LogP contribution in [0.3, 0.4) is 0 Å². The first kappa shape index (κ1) is 21.6. The molecule has 2 aromatic rings. The van der Waals surface area contributed by atoms with Gasteiger partial charge in [0, 0.05) is 43.1 Å². The molecule has 1 aliphatic carbocycles. The summed E-state index contributed by atoms with van der Waals surface area (Å²) >= 11 is 0. The summed E-state index contributed by atoms with van der Waals surface area (Å²) < 4.78 is 23.7. The Kier molecular flexibility index (Phi) is 5.88. The molecular formula is C24H28N2O4S. The van der Waals surface area contributed by atoms with Gasteiger partial charge < -0.3 is 9.88 Å². The van der Waals surface area contributed by atoms with Gasteiger partial charge in [-0.2, -0.15) is 0 Å². The van der Waals surface area contributed by atoms with E-state index in [-0.39, 0.29) is 22.3 Å². The number of hydrogen-bond donors (Lipinski definition) is 1. The van der Waals surface area contributed by atoms with Crippen molar-refractivity contribution < 1.29 is 13.2 Å². The van der Waals surface area contributed by atoms with Crippen molar-refractivity contribution in [3.05, 3.63) is 69.6 Å². The van der Waals surface area contributed by atoms with Gasteiger partial charge in [0.25, 0.3) is 5.56 Å². The molecule has 1 aromatic heterocycles. The average molecular weight is 441 g/mol. The first-order chi connectivity index (χ1) is 14.7. The molecule has 0 radical (unpaired) electrons. The monoisotopic (exact) mass is 440 g/mol. The molecule has 1 saturated carbocycles. The summed E-state index contributed by atoms with van der Waals surface area (Å²) in [4.78, 5) is 29.5. The first-order valence-electron chi connectivity index (χ1n) is 10.7. The maximum absolute atomic E-state index is 12.6. The van der Waals surface area contributed by atoms with Gasteiger partial charge in [-0.05, 0) is 61.3 Å². The van der Waals surface area contributed by atoms with Gasteiger partial charge in [0.15, 0.2) is 9.84 Å². The summed E-state index contributed by atoms with van der Waals surface area (Å²) in [6.45, 7) is 3.03. The molecule has 1 aromatic carbocycles. The molecule has 0 bridgehead atoms. The van der Waals surface area contributed by atoms with Crippen molar-refractivity contribution in [2.45, 2.75) is 43.4 Å². The molecule has 164 valence electrons. The van der Waals surface area contributed by atoms with Crippen LogP contribution in [0, 0.1) is 5.92 Å². The largest absolute Gasteiger partial charge is 0.343 e. The summed E-state index contributed by atoms with van der Waals surface area (Å²) in [6, 6.07) is 10.7. The number of nitrogens with zero attached hydrogens (tertiary/aromatic N) is 1. The molecule has 1 amide bonds. The van der Waals surface area contributed by atoms with E-state index in [9.17, 15) is 18.0 Å². The molecule has 6 nitrogen and oxygen atoms in total. The molecule has 31 heavy (non-hydrogen) atoms. The molecule has 7 heteroatoms. The molecule has 2 aliphatic rings. The number of rotatable bonds is 5. The van der Waals surface area contributed by atoms with Crippen LogP contribution < -0.4 is 5.56 Å². The highest BCUT2D eigenvalue weighted by Crippen LogP contribution is 2.38. The second-order valence-corrected chi connectivity index (χ2v) is 10.7. The van der Waals surface area contributed by atoms with Crippen LogP contribution >= 0.6 is 0 Å². The maximum Gasteiger partial charge on any atom is 0.251 e. The standard InChI is InChI=1S/C24H28N2O4S/c1-16(27)26-13-11-17(12-14-26)15-22(19-5-7-20(8-6-19)31(2,29)30)23-10-9-21(18-3-4-18)24(28)25-23/h5-10,15,17-18H,3-4,11-14H2,1-2H3,(H,25,28). The third-order valence-corrected chi connectivity index (χ3v) is 7.36. The normalized spacial score (nSPS) is 18.3. The molecule has 0 unspecified atom stereocenters. The fourth-order valence-electron chi connectivity index (χ4n) is 4.20. The van der Waals surface area contributed by atoms with Gasteiger partial charge in [-0.3, -0.25) is 9.59 Å². The van der Waals surface area contributed by atoms with Gasteiger partial charge >= 0.3 is 0 Å². The summed E-state index contributed by atoms with van der Waals surface area (Å²) in [7, 11) is -3.28. The topological polar surface area (TPSA) is 87.3 Å². The number of aromatic amines is 1. The van der Waals surface area contributed by atoms with Gasteiger partial charge in [0.05, 0.1) is 4.90 Å². The van der Waals surface area contributed by atoms with E-state index in [1.54, 1.807) is 31.2 Å². The van der Waals surface area contributed by atoms with Crippen LogP contribution in [0.5, 0.6) is 0 Å². The van der Waals surface area contributed by atoms with Crippen molar-refractivity contribution in [1.82, 2.24) is 9.88 Å². The van der Waals surface area contributed by atoms with E-state index >= 15 is 0 Å². The lowest BCUT2D eigenvalue weighted by Crippen LogP contribution is -2.36. The van der Waals surface area contributed by atoms with E-state index in [1.807, 2.05) is 17.0 Å². The zero-order valence-corrected chi connectivity index (χ0v) is 18.7. The number of carbonyl (C=O) groups excluding carboxylic acids is 1. The molecule has 2 heterocycles. The van der Waals surface area contributed by atoms with Crippen LogP contribution in [0.25, 0.3) is 5.57 Å². The minimum Gasteiger partial charge on any atom is -0.343 e. The van der Waals surface area contributed by atoms with E-state index in [0.29, 0.717) is 19.0 Å². The Balaban J connectivity index is 1.69. The number of hydrogen-bond acceptors (Lipinski definition) is 4. The Morgan fingerprint density at radius 2 is 1.68 bits per heavy atom.